The molecule has 1 unspecified atom stereocenters. The van der Waals surface area contributed by atoms with Crippen LogP contribution in [-0.4, -0.2) is 27.0 Å². The van der Waals surface area contributed by atoms with E-state index in [-0.39, 0.29) is 17.6 Å². The Morgan fingerprint density at radius 1 is 1.44 bits per heavy atom. The Morgan fingerprint density at radius 3 is 2.94 bits per heavy atom. The van der Waals surface area contributed by atoms with Crippen LogP contribution in [0.2, 0.25) is 0 Å². The highest BCUT2D eigenvalue weighted by Gasteiger charge is 2.23. The molecule has 1 N–H and O–H groups in total. The predicted octanol–water partition coefficient (Wildman–Crippen LogP) is 1.84. The Bertz CT molecular complexity index is 528. The summed E-state index contributed by atoms with van der Waals surface area (Å²) < 4.78 is 35.5. The molecule has 18 heavy (non-hydrogen) atoms. The van der Waals surface area contributed by atoms with Crippen molar-refractivity contribution in [2.75, 3.05) is 18.6 Å². The molecule has 100 valence electrons. The summed E-state index contributed by atoms with van der Waals surface area (Å²) in [4.78, 5) is 0. The first-order valence-electron chi connectivity index (χ1n) is 6.16. The van der Waals surface area contributed by atoms with Crippen molar-refractivity contribution >= 4 is 9.84 Å². The van der Waals surface area contributed by atoms with Gasteiger partial charge in [0.1, 0.15) is 15.7 Å². The normalized spacial score (nSPS) is 18.9. The zero-order chi connectivity index (χ0) is 13.2. The van der Waals surface area contributed by atoms with Crippen LogP contribution in [0.15, 0.2) is 18.2 Å². The van der Waals surface area contributed by atoms with E-state index in [9.17, 15) is 12.8 Å². The Hall–Kier alpha value is -0.940. The van der Waals surface area contributed by atoms with E-state index in [1.54, 1.807) is 6.07 Å². The van der Waals surface area contributed by atoms with Gasteiger partial charge in [0.05, 0.1) is 5.75 Å². The van der Waals surface area contributed by atoms with Gasteiger partial charge in [0.2, 0.25) is 0 Å². The van der Waals surface area contributed by atoms with Crippen LogP contribution >= 0.6 is 0 Å². The van der Waals surface area contributed by atoms with Crippen LogP contribution in [0.4, 0.5) is 4.39 Å². The van der Waals surface area contributed by atoms with Crippen molar-refractivity contribution < 1.29 is 12.8 Å². The number of hydrogen-bond acceptors (Lipinski definition) is 3. The van der Waals surface area contributed by atoms with E-state index in [2.05, 4.69) is 5.32 Å². The zero-order valence-electron chi connectivity index (χ0n) is 10.4. The van der Waals surface area contributed by atoms with Crippen LogP contribution in [-0.2, 0) is 16.3 Å². The van der Waals surface area contributed by atoms with Crippen LogP contribution in [0, 0.1) is 5.82 Å². The van der Waals surface area contributed by atoms with Crippen LogP contribution in [0.1, 0.15) is 30.0 Å². The van der Waals surface area contributed by atoms with Crippen LogP contribution < -0.4 is 5.32 Å². The van der Waals surface area contributed by atoms with Gasteiger partial charge < -0.3 is 5.32 Å². The monoisotopic (exact) mass is 271 g/mol. The van der Waals surface area contributed by atoms with Crippen molar-refractivity contribution in [3.63, 3.8) is 0 Å². The number of rotatable bonds is 5. The molecule has 1 atom stereocenters. The third-order valence-electron chi connectivity index (χ3n) is 3.30. The Balaban J connectivity index is 1.89. The van der Waals surface area contributed by atoms with Crippen molar-refractivity contribution in [3.05, 3.63) is 35.1 Å². The lowest BCUT2D eigenvalue weighted by Gasteiger charge is -2.13. The molecule has 0 spiro atoms. The van der Waals surface area contributed by atoms with Gasteiger partial charge in [-0.25, -0.2) is 12.8 Å². The number of nitrogens with one attached hydrogen (secondary N) is 1. The van der Waals surface area contributed by atoms with E-state index in [1.165, 1.54) is 12.3 Å². The second-order valence-corrected chi connectivity index (χ2v) is 7.10. The molecule has 1 aromatic rings. The Labute approximate surface area is 107 Å². The van der Waals surface area contributed by atoms with Gasteiger partial charge in [0.25, 0.3) is 0 Å². The topological polar surface area (TPSA) is 46.2 Å². The minimum absolute atomic E-state index is 0.132. The second-order valence-electron chi connectivity index (χ2n) is 4.84. The molecule has 0 saturated carbocycles. The van der Waals surface area contributed by atoms with Gasteiger partial charge >= 0.3 is 0 Å². The van der Waals surface area contributed by atoms with Gasteiger partial charge in [-0.05, 0) is 43.0 Å². The van der Waals surface area contributed by atoms with Crippen molar-refractivity contribution in [2.45, 2.75) is 25.3 Å². The molecule has 0 radical (unpaired) electrons. The quantitative estimate of drug-likeness (QED) is 0.831. The molecule has 3 nitrogen and oxygen atoms in total. The van der Waals surface area contributed by atoms with Crippen LogP contribution in [0.5, 0.6) is 0 Å². The number of hydrogen-bond donors (Lipinski definition) is 1. The SMILES string of the molecule is CS(=O)(=O)CCCNC1CCc2c(F)cccc21. The minimum Gasteiger partial charge on any atom is -0.310 e. The summed E-state index contributed by atoms with van der Waals surface area (Å²) in [5.74, 6) is 0.0656. The number of benzene rings is 1. The fraction of sp³-hybridized carbons (Fsp3) is 0.538. The first kappa shape index (κ1) is 13.5. The molecule has 1 aromatic carbocycles. The molecule has 0 saturated heterocycles. The van der Waals surface area contributed by atoms with Crippen LogP contribution in [0.25, 0.3) is 0 Å². The molecule has 0 amide bonds. The number of halogens is 1. The van der Waals surface area contributed by atoms with Gasteiger partial charge in [0.15, 0.2) is 0 Å². The summed E-state index contributed by atoms with van der Waals surface area (Å²) in [6.45, 7) is 0.647. The predicted molar refractivity (Wildman–Crippen MR) is 69.8 cm³/mol. The molecular formula is C13H18FNO2S. The maximum absolute atomic E-state index is 13.5. The summed E-state index contributed by atoms with van der Waals surface area (Å²) in [6, 6.07) is 5.32. The van der Waals surface area contributed by atoms with E-state index in [0.717, 1.165) is 24.0 Å². The molecule has 5 heteroatoms. The van der Waals surface area contributed by atoms with Gasteiger partial charge in [-0.1, -0.05) is 12.1 Å². The highest BCUT2D eigenvalue weighted by atomic mass is 32.2. The summed E-state index contributed by atoms with van der Waals surface area (Å²) in [5, 5.41) is 3.31. The second kappa shape index (κ2) is 5.36. The maximum Gasteiger partial charge on any atom is 0.147 e. The molecule has 1 aliphatic rings. The van der Waals surface area contributed by atoms with E-state index in [4.69, 9.17) is 0 Å². The minimum atomic E-state index is -2.89. The highest BCUT2D eigenvalue weighted by Crippen LogP contribution is 2.32. The standard InChI is InChI=1S/C13H18FNO2S/c1-18(16,17)9-3-8-15-13-7-6-10-11(13)4-2-5-12(10)14/h2,4-5,13,15H,3,6-9H2,1H3. The summed E-state index contributed by atoms with van der Waals surface area (Å²) in [7, 11) is -2.89. The van der Waals surface area contributed by atoms with Gasteiger partial charge in [-0.2, -0.15) is 0 Å². The summed E-state index contributed by atoms with van der Waals surface area (Å²) >= 11 is 0. The summed E-state index contributed by atoms with van der Waals surface area (Å²) in [6.07, 6.45) is 3.48. The van der Waals surface area contributed by atoms with Crippen molar-refractivity contribution in [1.29, 1.82) is 0 Å². The first-order chi connectivity index (χ1) is 8.47. The number of fused-ring (bicyclic) bond motifs is 1. The zero-order valence-corrected chi connectivity index (χ0v) is 11.3. The van der Waals surface area contributed by atoms with E-state index in [0.29, 0.717) is 13.0 Å². The van der Waals surface area contributed by atoms with Crippen molar-refractivity contribution in [2.24, 2.45) is 0 Å². The van der Waals surface area contributed by atoms with Crippen molar-refractivity contribution in [3.8, 4) is 0 Å². The number of sulfone groups is 1. The fourth-order valence-electron chi connectivity index (χ4n) is 2.43. The van der Waals surface area contributed by atoms with Crippen LogP contribution in [0.3, 0.4) is 0 Å². The third kappa shape index (κ3) is 3.29. The van der Waals surface area contributed by atoms with E-state index < -0.39 is 9.84 Å². The lowest BCUT2D eigenvalue weighted by molar-refractivity contribution is 0.526. The first-order valence-corrected chi connectivity index (χ1v) is 8.22. The molecule has 0 aliphatic heterocycles. The lowest BCUT2D eigenvalue weighted by Crippen LogP contribution is -2.22. The van der Waals surface area contributed by atoms with Gasteiger partial charge in [-0.15, -0.1) is 0 Å². The smallest absolute Gasteiger partial charge is 0.147 e. The lowest BCUT2D eigenvalue weighted by atomic mass is 10.1. The molecular weight excluding hydrogens is 253 g/mol. The Morgan fingerprint density at radius 2 is 2.22 bits per heavy atom. The van der Waals surface area contributed by atoms with E-state index in [1.807, 2.05) is 6.07 Å². The molecule has 1 aliphatic carbocycles. The molecule has 0 heterocycles. The highest BCUT2D eigenvalue weighted by molar-refractivity contribution is 7.90. The molecule has 0 bridgehead atoms. The molecule has 0 aromatic heterocycles. The fourth-order valence-corrected chi connectivity index (χ4v) is 3.10. The Kier molecular flexibility index (Phi) is 4.02. The van der Waals surface area contributed by atoms with Gasteiger partial charge in [-0.3, -0.25) is 0 Å². The third-order valence-corrected chi connectivity index (χ3v) is 4.33. The maximum atomic E-state index is 13.5. The average molecular weight is 271 g/mol. The van der Waals surface area contributed by atoms with E-state index >= 15 is 0 Å². The largest absolute Gasteiger partial charge is 0.310 e. The average Bonchev–Trinajstić information content (AvgIpc) is 2.68. The molecule has 0 fully saturated rings. The van der Waals surface area contributed by atoms with Crippen molar-refractivity contribution in [1.82, 2.24) is 5.32 Å². The molecule has 2 rings (SSSR count). The summed E-state index contributed by atoms with van der Waals surface area (Å²) in [5.41, 5.74) is 1.83. The van der Waals surface area contributed by atoms with Gasteiger partial charge in [0, 0.05) is 12.3 Å².